The zero-order valence-electron chi connectivity index (χ0n) is 17.3. The quantitative estimate of drug-likeness (QED) is 0.525. The summed E-state index contributed by atoms with van der Waals surface area (Å²) in [5.74, 6) is 0.703. The van der Waals surface area contributed by atoms with Gasteiger partial charge in [-0.2, -0.15) is 5.26 Å². The lowest BCUT2D eigenvalue weighted by Crippen LogP contribution is -2.36. The molecule has 1 amide bonds. The molecule has 2 saturated heterocycles. The minimum Gasteiger partial charge on any atom is -0.357 e. The molecule has 0 aromatic carbocycles. The van der Waals surface area contributed by atoms with Gasteiger partial charge in [0.15, 0.2) is 0 Å². The summed E-state index contributed by atoms with van der Waals surface area (Å²) < 4.78 is 2.22. The number of nitrogens with zero attached hydrogens (tertiary/aromatic N) is 4. The summed E-state index contributed by atoms with van der Waals surface area (Å²) in [6, 6.07) is 2.10. The summed E-state index contributed by atoms with van der Waals surface area (Å²) in [4.78, 5) is 30.4. The summed E-state index contributed by atoms with van der Waals surface area (Å²) in [5, 5.41) is 9.60. The van der Waals surface area contributed by atoms with E-state index in [1.165, 1.54) is 11.8 Å². The summed E-state index contributed by atoms with van der Waals surface area (Å²) in [6.45, 7) is 9.90. The van der Waals surface area contributed by atoms with Gasteiger partial charge >= 0.3 is 0 Å². The van der Waals surface area contributed by atoms with Gasteiger partial charge in [-0.15, -0.1) is 0 Å². The van der Waals surface area contributed by atoms with E-state index in [0.29, 0.717) is 21.3 Å². The molecule has 0 aliphatic carbocycles. The van der Waals surface area contributed by atoms with E-state index in [9.17, 15) is 14.9 Å². The van der Waals surface area contributed by atoms with Gasteiger partial charge in [-0.05, 0) is 51.7 Å². The first-order valence-corrected chi connectivity index (χ1v) is 11.3. The standard InChI is InChI=1S/C21H26N4O2S2/c1-5-13(3)25-20(27)17(29-21(25)28)11-15-14(4)16(12-22)19(26)24(6-2)18(15)23-9-7-8-10-23/h11,13H,5-10H2,1-4H3. The first-order chi connectivity index (χ1) is 13.8. The van der Waals surface area contributed by atoms with E-state index in [4.69, 9.17) is 12.2 Å². The lowest BCUT2D eigenvalue weighted by molar-refractivity contribution is -0.123. The molecule has 0 spiro atoms. The summed E-state index contributed by atoms with van der Waals surface area (Å²) >= 11 is 6.75. The molecule has 8 heteroatoms. The van der Waals surface area contributed by atoms with Crippen molar-refractivity contribution in [3.8, 4) is 6.07 Å². The first kappa shape index (κ1) is 21.6. The van der Waals surface area contributed by atoms with E-state index in [1.807, 2.05) is 26.8 Å². The zero-order valence-corrected chi connectivity index (χ0v) is 19.0. The number of thiocarbonyl (C=S) groups is 1. The molecule has 1 atom stereocenters. The van der Waals surface area contributed by atoms with Gasteiger partial charge in [0.05, 0.1) is 4.91 Å². The van der Waals surface area contributed by atoms with Crippen molar-refractivity contribution in [3.63, 3.8) is 0 Å². The summed E-state index contributed by atoms with van der Waals surface area (Å²) in [5.41, 5.74) is 1.27. The lowest BCUT2D eigenvalue weighted by atomic mass is 10.0. The number of anilines is 1. The molecule has 6 nitrogen and oxygen atoms in total. The van der Waals surface area contributed by atoms with Crippen molar-refractivity contribution >= 4 is 46.1 Å². The molecule has 0 bridgehead atoms. The number of nitriles is 1. The fraction of sp³-hybridized carbons (Fsp3) is 0.524. The molecule has 0 N–H and O–H groups in total. The molecule has 0 saturated carbocycles. The monoisotopic (exact) mass is 430 g/mol. The number of carbonyl (C=O) groups excluding carboxylic acids is 1. The third kappa shape index (κ3) is 3.74. The highest BCUT2D eigenvalue weighted by atomic mass is 32.2. The second kappa shape index (κ2) is 8.72. The molecule has 2 aliphatic heterocycles. The van der Waals surface area contributed by atoms with Crippen molar-refractivity contribution in [3.05, 3.63) is 31.9 Å². The molecular weight excluding hydrogens is 404 g/mol. The highest BCUT2D eigenvalue weighted by Crippen LogP contribution is 2.37. The third-order valence-corrected chi connectivity index (χ3v) is 7.03. The molecule has 2 fully saturated rings. The van der Waals surface area contributed by atoms with Gasteiger partial charge in [0, 0.05) is 31.2 Å². The largest absolute Gasteiger partial charge is 0.357 e. The molecule has 3 rings (SSSR count). The molecular formula is C21H26N4O2S2. The number of thioether (sulfide) groups is 1. The van der Waals surface area contributed by atoms with E-state index in [0.717, 1.165) is 43.7 Å². The Morgan fingerprint density at radius 2 is 1.93 bits per heavy atom. The fourth-order valence-electron chi connectivity index (χ4n) is 3.88. The van der Waals surface area contributed by atoms with E-state index >= 15 is 0 Å². The van der Waals surface area contributed by atoms with E-state index in [2.05, 4.69) is 11.0 Å². The Morgan fingerprint density at radius 3 is 2.48 bits per heavy atom. The third-order valence-electron chi connectivity index (χ3n) is 5.70. The predicted octanol–water partition coefficient (Wildman–Crippen LogP) is 3.65. The Morgan fingerprint density at radius 1 is 1.28 bits per heavy atom. The molecule has 1 unspecified atom stereocenters. The fourth-order valence-corrected chi connectivity index (χ4v) is 5.32. The average Bonchev–Trinajstić information content (AvgIpc) is 3.32. The molecule has 154 valence electrons. The van der Waals surface area contributed by atoms with Gasteiger partial charge in [0.25, 0.3) is 11.5 Å². The van der Waals surface area contributed by atoms with Crippen LogP contribution < -0.4 is 10.5 Å². The normalized spacial score (nSPS) is 19.3. The summed E-state index contributed by atoms with van der Waals surface area (Å²) in [7, 11) is 0. The van der Waals surface area contributed by atoms with Crippen molar-refractivity contribution in [2.24, 2.45) is 0 Å². The van der Waals surface area contributed by atoms with Crippen LogP contribution in [0.5, 0.6) is 0 Å². The Kier molecular flexibility index (Phi) is 6.49. The number of hydrogen-bond acceptors (Lipinski definition) is 6. The van der Waals surface area contributed by atoms with Gasteiger partial charge in [0.2, 0.25) is 0 Å². The molecule has 1 aromatic heterocycles. The number of carbonyl (C=O) groups is 1. The van der Waals surface area contributed by atoms with Crippen LogP contribution in [0.1, 0.15) is 56.7 Å². The number of aromatic nitrogens is 1. The van der Waals surface area contributed by atoms with Gasteiger partial charge in [-0.25, -0.2) is 0 Å². The molecule has 2 aliphatic rings. The van der Waals surface area contributed by atoms with E-state index in [1.54, 1.807) is 16.4 Å². The van der Waals surface area contributed by atoms with Crippen molar-refractivity contribution in [1.82, 2.24) is 9.47 Å². The van der Waals surface area contributed by atoms with Crippen LogP contribution >= 0.6 is 24.0 Å². The van der Waals surface area contributed by atoms with Crippen molar-refractivity contribution in [2.75, 3.05) is 18.0 Å². The maximum absolute atomic E-state index is 13.0. The van der Waals surface area contributed by atoms with E-state index in [-0.39, 0.29) is 23.1 Å². The maximum Gasteiger partial charge on any atom is 0.270 e. The minimum atomic E-state index is -0.265. The molecule has 29 heavy (non-hydrogen) atoms. The molecule has 0 radical (unpaired) electrons. The van der Waals surface area contributed by atoms with Gasteiger partial charge in [-0.3, -0.25) is 19.1 Å². The van der Waals surface area contributed by atoms with Crippen LogP contribution in [0.15, 0.2) is 9.70 Å². The number of amides is 1. The smallest absolute Gasteiger partial charge is 0.270 e. The first-order valence-electron chi connectivity index (χ1n) is 10.0. The number of hydrogen-bond donors (Lipinski definition) is 0. The van der Waals surface area contributed by atoms with Crippen LogP contribution in [0.4, 0.5) is 5.82 Å². The predicted molar refractivity (Wildman–Crippen MR) is 122 cm³/mol. The van der Waals surface area contributed by atoms with Crippen molar-refractivity contribution in [1.29, 1.82) is 5.26 Å². The van der Waals surface area contributed by atoms with Crippen LogP contribution in [0.25, 0.3) is 6.08 Å². The van der Waals surface area contributed by atoms with Gasteiger partial charge in [-0.1, -0.05) is 30.9 Å². The van der Waals surface area contributed by atoms with Crippen molar-refractivity contribution < 1.29 is 4.79 Å². The molecule has 1 aromatic rings. The topological polar surface area (TPSA) is 69.3 Å². The van der Waals surface area contributed by atoms with Crippen LogP contribution in [0.2, 0.25) is 0 Å². The molecule has 3 heterocycles. The highest BCUT2D eigenvalue weighted by molar-refractivity contribution is 8.26. The van der Waals surface area contributed by atoms with Crippen LogP contribution in [0.3, 0.4) is 0 Å². The second-order valence-corrected chi connectivity index (χ2v) is 9.08. The summed E-state index contributed by atoms with van der Waals surface area (Å²) in [6.07, 6.45) is 4.77. The number of rotatable bonds is 5. The Labute approximate surface area is 181 Å². The van der Waals surface area contributed by atoms with Crippen LogP contribution in [-0.4, -0.2) is 38.8 Å². The van der Waals surface area contributed by atoms with Gasteiger partial charge < -0.3 is 4.90 Å². The van der Waals surface area contributed by atoms with Crippen LogP contribution in [0, 0.1) is 18.3 Å². The Hall–Kier alpha value is -2.11. The van der Waals surface area contributed by atoms with Gasteiger partial charge in [0.1, 0.15) is 21.8 Å². The maximum atomic E-state index is 13.0. The Bertz CT molecular complexity index is 984. The lowest BCUT2D eigenvalue weighted by Gasteiger charge is -2.26. The average molecular weight is 431 g/mol. The minimum absolute atomic E-state index is 0.0341. The zero-order chi connectivity index (χ0) is 21.3. The highest BCUT2D eigenvalue weighted by Gasteiger charge is 2.35. The second-order valence-electron chi connectivity index (χ2n) is 7.40. The van der Waals surface area contributed by atoms with Crippen molar-refractivity contribution in [2.45, 2.75) is 59.5 Å². The number of pyridine rings is 1. The Balaban J connectivity index is 2.22. The van der Waals surface area contributed by atoms with Crippen LogP contribution in [-0.2, 0) is 11.3 Å². The SMILES string of the molecule is CCC(C)N1C(=O)C(=Cc2c(C)c(C#N)c(=O)n(CC)c2N2CCCC2)SC1=S. The van der Waals surface area contributed by atoms with E-state index < -0.39 is 0 Å².